The summed E-state index contributed by atoms with van der Waals surface area (Å²) in [6, 6.07) is 14.8. The minimum atomic E-state index is -1.43. The molecule has 4 heteroatoms. The molecule has 0 aliphatic heterocycles. The van der Waals surface area contributed by atoms with Crippen molar-refractivity contribution in [3.05, 3.63) is 60.3 Å². The van der Waals surface area contributed by atoms with Crippen molar-refractivity contribution in [1.29, 1.82) is 0 Å². The molecule has 3 rings (SSSR count). The molecular weight excluding hydrogens is 228 g/mol. The van der Waals surface area contributed by atoms with Crippen LogP contribution in [0.15, 0.2) is 54.7 Å². The van der Waals surface area contributed by atoms with Crippen LogP contribution in [0.25, 0.3) is 16.6 Å². The monoisotopic (exact) mass is 240 g/mol. The van der Waals surface area contributed by atoms with Gasteiger partial charge in [0.1, 0.15) is 0 Å². The van der Waals surface area contributed by atoms with E-state index in [0.29, 0.717) is 5.56 Å². The van der Waals surface area contributed by atoms with Crippen LogP contribution >= 0.6 is 0 Å². The van der Waals surface area contributed by atoms with Crippen molar-refractivity contribution < 1.29 is 10.2 Å². The Labute approximate surface area is 104 Å². The van der Waals surface area contributed by atoms with Gasteiger partial charge in [-0.2, -0.15) is 5.10 Å². The minimum Gasteiger partial charge on any atom is -0.364 e. The molecule has 0 unspecified atom stereocenters. The number of hydrogen-bond donors (Lipinski definition) is 2. The number of aromatic nitrogens is 2. The number of rotatable bonds is 2. The molecule has 0 saturated heterocycles. The van der Waals surface area contributed by atoms with Gasteiger partial charge in [0.15, 0.2) is 6.29 Å². The van der Waals surface area contributed by atoms with Crippen LogP contribution in [0.3, 0.4) is 0 Å². The van der Waals surface area contributed by atoms with E-state index in [2.05, 4.69) is 5.10 Å². The molecule has 0 bridgehead atoms. The lowest BCUT2D eigenvalue weighted by Gasteiger charge is -2.05. The van der Waals surface area contributed by atoms with Crippen LogP contribution in [-0.4, -0.2) is 20.0 Å². The first-order chi connectivity index (χ1) is 8.74. The molecule has 0 radical (unpaired) electrons. The molecule has 0 spiro atoms. The van der Waals surface area contributed by atoms with Crippen molar-refractivity contribution in [2.24, 2.45) is 0 Å². The van der Waals surface area contributed by atoms with Crippen LogP contribution in [0.1, 0.15) is 11.9 Å². The Morgan fingerprint density at radius 3 is 2.33 bits per heavy atom. The standard InChI is InChI=1S/C14H12N2O2/c17-14(18)10-5-7-12(8-6-10)16-9-11-3-1-2-4-13(11)15-16/h1-9,14,17-18H. The first-order valence-corrected chi connectivity index (χ1v) is 5.65. The number of nitrogens with zero attached hydrogens (tertiary/aromatic N) is 2. The van der Waals surface area contributed by atoms with Gasteiger partial charge in [0.2, 0.25) is 0 Å². The van der Waals surface area contributed by atoms with E-state index >= 15 is 0 Å². The predicted molar refractivity (Wildman–Crippen MR) is 68.2 cm³/mol. The second-order valence-corrected chi connectivity index (χ2v) is 4.10. The van der Waals surface area contributed by atoms with Gasteiger partial charge >= 0.3 is 0 Å². The average molecular weight is 240 g/mol. The molecule has 1 heterocycles. The number of hydrogen-bond acceptors (Lipinski definition) is 3. The Kier molecular flexibility index (Phi) is 2.59. The molecule has 0 aliphatic carbocycles. The molecule has 0 atom stereocenters. The summed E-state index contributed by atoms with van der Waals surface area (Å²) >= 11 is 0. The summed E-state index contributed by atoms with van der Waals surface area (Å²) in [5.74, 6) is 0. The van der Waals surface area contributed by atoms with Gasteiger partial charge in [-0.15, -0.1) is 0 Å². The lowest BCUT2D eigenvalue weighted by molar-refractivity contribution is -0.0424. The third-order valence-corrected chi connectivity index (χ3v) is 2.87. The van der Waals surface area contributed by atoms with E-state index in [9.17, 15) is 0 Å². The van der Waals surface area contributed by atoms with E-state index in [0.717, 1.165) is 16.6 Å². The Bertz CT molecular complexity index is 639. The van der Waals surface area contributed by atoms with Crippen LogP contribution in [0.4, 0.5) is 0 Å². The minimum absolute atomic E-state index is 0.468. The fourth-order valence-corrected chi connectivity index (χ4v) is 1.90. The van der Waals surface area contributed by atoms with Crippen molar-refractivity contribution in [3.63, 3.8) is 0 Å². The first kappa shape index (κ1) is 11.0. The molecule has 2 aromatic carbocycles. The van der Waals surface area contributed by atoms with Gasteiger partial charge in [0.25, 0.3) is 0 Å². The van der Waals surface area contributed by atoms with Gasteiger partial charge in [-0.1, -0.05) is 30.3 Å². The third-order valence-electron chi connectivity index (χ3n) is 2.87. The van der Waals surface area contributed by atoms with Gasteiger partial charge < -0.3 is 10.2 Å². The third kappa shape index (κ3) is 1.88. The first-order valence-electron chi connectivity index (χ1n) is 5.65. The Morgan fingerprint density at radius 1 is 0.944 bits per heavy atom. The SMILES string of the molecule is OC(O)c1ccc(-n2cc3ccccc3n2)cc1. The largest absolute Gasteiger partial charge is 0.364 e. The molecule has 4 nitrogen and oxygen atoms in total. The van der Waals surface area contributed by atoms with E-state index in [-0.39, 0.29) is 0 Å². The summed E-state index contributed by atoms with van der Waals surface area (Å²) in [6.07, 6.45) is 0.510. The van der Waals surface area contributed by atoms with Crippen molar-refractivity contribution in [2.45, 2.75) is 6.29 Å². The lowest BCUT2D eigenvalue weighted by atomic mass is 10.2. The van der Waals surface area contributed by atoms with Gasteiger partial charge in [0.05, 0.1) is 11.2 Å². The van der Waals surface area contributed by atoms with Crippen molar-refractivity contribution >= 4 is 10.9 Å². The normalized spacial score (nSPS) is 11.3. The molecule has 1 aromatic heterocycles. The summed E-state index contributed by atoms with van der Waals surface area (Å²) in [6.45, 7) is 0. The molecule has 3 aromatic rings. The van der Waals surface area contributed by atoms with E-state index in [4.69, 9.17) is 10.2 Å². The zero-order valence-corrected chi connectivity index (χ0v) is 9.56. The van der Waals surface area contributed by atoms with E-state index in [1.807, 2.05) is 30.5 Å². The highest BCUT2D eigenvalue weighted by atomic mass is 16.5. The summed E-state index contributed by atoms with van der Waals surface area (Å²) in [5, 5.41) is 23.6. The highest BCUT2D eigenvalue weighted by Gasteiger charge is 2.04. The summed E-state index contributed by atoms with van der Waals surface area (Å²) in [7, 11) is 0. The molecular formula is C14H12N2O2. The van der Waals surface area contributed by atoms with Crippen molar-refractivity contribution in [1.82, 2.24) is 9.78 Å². The van der Waals surface area contributed by atoms with Gasteiger partial charge in [0, 0.05) is 17.1 Å². The van der Waals surface area contributed by atoms with Gasteiger partial charge in [-0.3, -0.25) is 0 Å². The Hall–Kier alpha value is -2.17. The summed E-state index contributed by atoms with van der Waals surface area (Å²) in [5.41, 5.74) is 2.29. The van der Waals surface area contributed by atoms with Crippen LogP contribution in [0, 0.1) is 0 Å². The smallest absolute Gasteiger partial charge is 0.178 e. The van der Waals surface area contributed by atoms with E-state index in [1.165, 1.54) is 0 Å². The lowest BCUT2D eigenvalue weighted by Crippen LogP contribution is -1.97. The molecule has 18 heavy (non-hydrogen) atoms. The second-order valence-electron chi connectivity index (χ2n) is 4.10. The Morgan fingerprint density at radius 2 is 1.67 bits per heavy atom. The summed E-state index contributed by atoms with van der Waals surface area (Å²) < 4.78 is 1.78. The van der Waals surface area contributed by atoms with Gasteiger partial charge in [-0.05, 0) is 18.2 Å². The fraction of sp³-hybridized carbons (Fsp3) is 0.0714. The topological polar surface area (TPSA) is 58.3 Å². The van der Waals surface area contributed by atoms with Gasteiger partial charge in [-0.25, -0.2) is 4.68 Å². The van der Waals surface area contributed by atoms with Crippen LogP contribution in [-0.2, 0) is 0 Å². The number of fused-ring (bicyclic) bond motifs is 1. The number of aliphatic hydroxyl groups is 2. The van der Waals surface area contributed by atoms with Crippen molar-refractivity contribution in [3.8, 4) is 5.69 Å². The summed E-state index contributed by atoms with van der Waals surface area (Å²) in [4.78, 5) is 0. The maximum Gasteiger partial charge on any atom is 0.178 e. The van der Waals surface area contributed by atoms with E-state index < -0.39 is 6.29 Å². The van der Waals surface area contributed by atoms with E-state index in [1.54, 1.807) is 28.9 Å². The van der Waals surface area contributed by atoms with Crippen LogP contribution in [0.2, 0.25) is 0 Å². The zero-order chi connectivity index (χ0) is 12.5. The molecule has 0 aliphatic rings. The predicted octanol–water partition coefficient (Wildman–Crippen LogP) is 2.01. The van der Waals surface area contributed by atoms with Crippen molar-refractivity contribution in [2.75, 3.05) is 0 Å². The van der Waals surface area contributed by atoms with Crippen LogP contribution < -0.4 is 0 Å². The zero-order valence-electron chi connectivity index (χ0n) is 9.56. The maximum absolute atomic E-state index is 9.03. The number of aliphatic hydroxyl groups excluding tert-OH is 1. The average Bonchev–Trinajstić information content (AvgIpc) is 2.82. The van der Waals surface area contributed by atoms with Crippen LogP contribution in [0.5, 0.6) is 0 Å². The molecule has 0 amide bonds. The quantitative estimate of drug-likeness (QED) is 0.674. The number of benzene rings is 2. The highest BCUT2D eigenvalue weighted by Crippen LogP contribution is 2.17. The highest BCUT2D eigenvalue weighted by molar-refractivity contribution is 5.78. The second kappa shape index (κ2) is 4.25. The Balaban J connectivity index is 2.03. The molecule has 0 fully saturated rings. The fourth-order valence-electron chi connectivity index (χ4n) is 1.90. The molecule has 90 valence electrons. The maximum atomic E-state index is 9.03. The molecule has 0 saturated carbocycles. The molecule has 2 N–H and O–H groups in total.